The number of nitrogens with zero attached hydrogens (tertiary/aromatic N) is 1. The Morgan fingerprint density at radius 3 is 2.62 bits per heavy atom. The number of aliphatic hydroxyl groups excluding tert-OH is 1. The van der Waals surface area contributed by atoms with Crippen LogP contribution in [0.1, 0.15) is 6.42 Å². The van der Waals surface area contributed by atoms with Gasteiger partial charge in [0.15, 0.2) is 0 Å². The van der Waals surface area contributed by atoms with Crippen molar-refractivity contribution in [2.24, 2.45) is 0 Å². The quantitative estimate of drug-likeness (QED) is 0.564. The molecule has 0 amide bonds. The standard InChI is InChI=1S/C6H14NO/c1-3-7(2)5-4-6-8/h8H,1,3-6H2,2H3. The van der Waals surface area contributed by atoms with Crippen LogP contribution < -0.4 is 0 Å². The summed E-state index contributed by atoms with van der Waals surface area (Å²) in [5, 5.41) is 8.36. The Bertz CT molecular complexity index is 47.8. The molecule has 0 aromatic rings. The third-order valence-electron chi connectivity index (χ3n) is 1.08. The summed E-state index contributed by atoms with van der Waals surface area (Å²) in [4.78, 5) is 2.07. The molecule has 0 atom stereocenters. The molecule has 2 nitrogen and oxygen atoms in total. The van der Waals surface area contributed by atoms with Crippen LogP contribution in [0.3, 0.4) is 0 Å². The summed E-state index contributed by atoms with van der Waals surface area (Å²) in [5.74, 6) is 0. The monoisotopic (exact) mass is 116 g/mol. The maximum Gasteiger partial charge on any atom is 0.0443 e. The molecular weight excluding hydrogens is 102 g/mol. The Morgan fingerprint density at radius 1 is 1.62 bits per heavy atom. The van der Waals surface area contributed by atoms with Crippen molar-refractivity contribution < 1.29 is 5.11 Å². The third-order valence-corrected chi connectivity index (χ3v) is 1.08. The zero-order chi connectivity index (χ0) is 6.41. The van der Waals surface area contributed by atoms with Gasteiger partial charge in [-0.25, -0.2) is 0 Å². The Hall–Kier alpha value is -0.0800. The average Bonchev–Trinajstić information content (AvgIpc) is 1.83. The van der Waals surface area contributed by atoms with Gasteiger partial charge in [0.05, 0.1) is 0 Å². The fraction of sp³-hybridized carbons (Fsp3) is 0.833. The molecule has 0 saturated carbocycles. The Morgan fingerprint density at radius 2 is 2.25 bits per heavy atom. The van der Waals surface area contributed by atoms with E-state index in [0.717, 1.165) is 19.5 Å². The van der Waals surface area contributed by atoms with E-state index in [1.165, 1.54) is 0 Å². The van der Waals surface area contributed by atoms with Crippen molar-refractivity contribution in [2.75, 3.05) is 26.7 Å². The van der Waals surface area contributed by atoms with E-state index in [9.17, 15) is 0 Å². The van der Waals surface area contributed by atoms with Crippen molar-refractivity contribution in [3.05, 3.63) is 6.92 Å². The minimum atomic E-state index is 0.282. The summed E-state index contributed by atoms with van der Waals surface area (Å²) in [6, 6.07) is 0. The van der Waals surface area contributed by atoms with Gasteiger partial charge in [-0.1, -0.05) is 0 Å². The lowest BCUT2D eigenvalue weighted by Crippen LogP contribution is -2.19. The van der Waals surface area contributed by atoms with Gasteiger partial charge in [-0.15, -0.1) is 0 Å². The first-order chi connectivity index (χ1) is 3.81. The van der Waals surface area contributed by atoms with Crippen molar-refractivity contribution in [1.82, 2.24) is 4.90 Å². The molecule has 0 fully saturated rings. The fourth-order valence-corrected chi connectivity index (χ4v) is 0.452. The summed E-state index contributed by atoms with van der Waals surface area (Å²) in [7, 11) is 1.99. The van der Waals surface area contributed by atoms with Crippen LogP contribution in [0.5, 0.6) is 0 Å². The van der Waals surface area contributed by atoms with E-state index >= 15 is 0 Å². The predicted octanol–water partition coefficient (Wildman–Crippen LogP) is 0.135. The van der Waals surface area contributed by atoms with E-state index in [1.54, 1.807) is 0 Å². The maximum atomic E-state index is 8.36. The topological polar surface area (TPSA) is 23.5 Å². The van der Waals surface area contributed by atoms with Crippen molar-refractivity contribution in [3.8, 4) is 0 Å². The normalized spacial score (nSPS) is 10.5. The molecule has 0 aliphatic heterocycles. The van der Waals surface area contributed by atoms with Crippen molar-refractivity contribution in [1.29, 1.82) is 0 Å². The molecule has 0 aliphatic carbocycles. The average molecular weight is 116 g/mol. The van der Waals surface area contributed by atoms with E-state index in [1.807, 2.05) is 7.05 Å². The second kappa shape index (κ2) is 5.06. The molecule has 0 rings (SSSR count). The molecule has 0 saturated heterocycles. The lowest BCUT2D eigenvalue weighted by atomic mass is 10.4. The highest BCUT2D eigenvalue weighted by Crippen LogP contribution is 1.82. The summed E-state index contributed by atoms with van der Waals surface area (Å²) in [6.07, 6.45) is 0.853. The van der Waals surface area contributed by atoms with Gasteiger partial charge in [-0.2, -0.15) is 0 Å². The maximum absolute atomic E-state index is 8.36. The molecule has 8 heavy (non-hydrogen) atoms. The van der Waals surface area contributed by atoms with Gasteiger partial charge in [0.2, 0.25) is 0 Å². The predicted molar refractivity (Wildman–Crippen MR) is 34.6 cm³/mol. The van der Waals surface area contributed by atoms with E-state index in [4.69, 9.17) is 5.11 Å². The van der Waals surface area contributed by atoms with Crippen LogP contribution in [0.2, 0.25) is 0 Å². The number of rotatable bonds is 4. The van der Waals surface area contributed by atoms with Crippen molar-refractivity contribution >= 4 is 0 Å². The van der Waals surface area contributed by atoms with E-state index in [2.05, 4.69) is 11.8 Å². The highest BCUT2D eigenvalue weighted by atomic mass is 16.3. The first kappa shape index (κ1) is 7.92. The molecule has 0 unspecified atom stereocenters. The van der Waals surface area contributed by atoms with Gasteiger partial charge in [-0.3, -0.25) is 0 Å². The Balaban J connectivity index is 2.86. The summed E-state index contributed by atoms with van der Waals surface area (Å²) in [6.45, 7) is 5.73. The highest BCUT2D eigenvalue weighted by Gasteiger charge is 1.90. The molecule has 0 spiro atoms. The lowest BCUT2D eigenvalue weighted by Gasteiger charge is -2.11. The Labute approximate surface area is 51.1 Å². The molecule has 49 valence electrons. The molecular formula is C6H14NO. The highest BCUT2D eigenvalue weighted by molar-refractivity contribution is 4.50. The van der Waals surface area contributed by atoms with Crippen LogP contribution in [0, 0.1) is 6.92 Å². The zero-order valence-corrected chi connectivity index (χ0v) is 5.43. The van der Waals surface area contributed by atoms with Crippen LogP contribution in [-0.2, 0) is 0 Å². The summed E-state index contributed by atoms with van der Waals surface area (Å²) >= 11 is 0. The van der Waals surface area contributed by atoms with Crippen LogP contribution in [0.25, 0.3) is 0 Å². The number of aliphatic hydroxyl groups is 1. The van der Waals surface area contributed by atoms with E-state index in [0.29, 0.717) is 0 Å². The van der Waals surface area contributed by atoms with E-state index < -0.39 is 0 Å². The third kappa shape index (κ3) is 4.09. The molecule has 0 aromatic carbocycles. The van der Waals surface area contributed by atoms with Gasteiger partial charge < -0.3 is 10.0 Å². The molecule has 0 aliphatic rings. The molecule has 0 aromatic heterocycles. The van der Waals surface area contributed by atoms with Crippen LogP contribution in [0.15, 0.2) is 0 Å². The first-order valence-electron chi connectivity index (χ1n) is 2.90. The van der Waals surface area contributed by atoms with E-state index in [-0.39, 0.29) is 6.61 Å². The minimum Gasteiger partial charge on any atom is -0.396 e. The summed E-state index contributed by atoms with van der Waals surface area (Å²) in [5.41, 5.74) is 0. The van der Waals surface area contributed by atoms with Crippen LogP contribution in [0.4, 0.5) is 0 Å². The minimum absolute atomic E-state index is 0.282. The van der Waals surface area contributed by atoms with Crippen molar-refractivity contribution in [3.63, 3.8) is 0 Å². The first-order valence-corrected chi connectivity index (χ1v) is 2.90. The molecule has 2 heteroatoms. The van der Waals surface area contributed by atoms with Gasteiger partial charge in [-0.05, 0) is 26.9 Å². The lowest BCUT2D eigenvalue weighted by molar-refractivity contribution is 0.255. The van der Waals surface area contributed by atoms with Crippen LogP contribution >= 0.6 is 0 Å². The second-order valence-electron chi connectivity index (χ2n) is 1.88. The van der Waals surface area contributed by atoms with Crippen LogP contribution in [-0.4, -0.2) is 36.8 Å². The van der Waals surface area contributed by atoms with Gasteiger partial charge >= 0.3 is 0 Å². The molecule has 0 heterocycles. The number of hydrogen-bond donors (Lipinski definition) is 1. The smallest absolute Gasteiger partial charge is 0.0443 e. The molecule has 0 bridgehead atoms. The van der Waals surface area contributed by atoms with Gasteiger partial charge in [0, 0.05) is 13.2 Å². The zero-order valence-electron chi connectivity index (χ0n) is 5.43. The SMILES string of the molecule is [CH2]CN(C)CCCO. The summed E-state index contributed by atoms with van der Waals surface area (Å²) < 4.78 is 0. The molecule has 1 N–H and O–H groups in total. The Kier molecular flexibility index (Phi) is 5.01. The second-order valence-corrected chi connectivity index (χ2v) is 1.88. The molecule has 1 radical (unpaired) electrons. The number of hydrogen-bond acceptors (Lipinski definition) is 2. The fourth-order valence-electron chi connectivity index (χ4n) is 0.452. The van der Waals surface area contributed by atoms with Crippen molar-refractivity contribution in [2.45, 2.75) is 6.42 Å². The largest absolute Gasteiger partial charge is 0.396 e. The van der Waals surface area contributed by atoms with Gasteiger partial charge in [0.25, 0.3) is 0 Å². The van der Waals surface area contributed by atoms with Gasteiger partial charge in [0.1, 0.15) is 0 Å².